The summed E-state index contributed by atoms with van der Waals surface area (Å²) in [7, 11) is 0. The van der Waals surface area contributed by atoms with Crippen molar-refractivity contribution in [3.05, 3.63) is 22.7 Å². The zero-order valence-electron chi connectivity index (χ0n) is 11.0. The lowest BCUT2D eigenvalue weighted by Gasteiger charge is -2.30. The van der Waals surface area contributed by atoms with Gasteiger partial charge >= 0.3 is 5.97 Å². The van der Waals surface area contributed by atoms with E-state index < -0.39 is 5.97 Å². The fourth-order valence-corrected chi connectivity index (χ4v) is 3.06. The molecule has 1 aromatic carbocycles. The van der Waals surface area contributed by atoms with Gasteiger partial charge in [-0.25, -0.2) is 0 Å². The summed E-state index contributed by atoms with van der Waals surface area (Å²) >= 11 is 6.15. The molecule has 2 aliphatic heterocycles. The maximum atomic E-state index is 11.1. The fraction of sp³-hybridized carbons (Fsp3) is 0.500. The van der Waals surface area contributed by atoms with Gasteiger partial charge in [-0.05, 0) is 37.1 Å². The third-order valence-corrected chi connectivity index (χ3v) is 4.03. The highest BCUT2D eigenvalue weighted by Gasteiger charge is 2.26. The van der Waals surface area contributed by atoms with Gasteiger partial charge in [0.15, 0.2) is 11.5 Å². The number of hydrogen-bond donors (Lipinski definition) is 1. The van der Waals surface area contributed by atoms with Crippen LogP contribution in [0, 0.1) is 5.92 Å². The second kappa shape index (κ2) is 5.50. The number of hydrogen-bond acceptors (Lipinski definition) is 4. The molecule has 0 aromatic heterocycles. The Labute approximate surface area is 122 Å². The Morgan fingerprint density at radius 3 is 3.10 bits per heavy atom. The number of halogens is 1. The molecule has 1 fully saturated rings. The van der Waals surface area contributed by atoms with Crippen LogP contribution < -0.4 is 9.47 Å². The van der Waals surface area contributed by atoms with E-state index in [2.05, 4.69) is 4.90 Å². The minimum absolute atomic E-state index is 0.198. The van der Waals surface area contributed by atoms with Gasteiger partial charge in [-0.3, -0.25) is 9.69 Å². The van der Waals surface area contributed by atoms with Crippen LogP contribution in [0.4, 0.5) is 0 Å². The van der Waals surface area contributed by atoms with Crippen LogP contribution in [0.5, 0.6) is 11.5 Å². The summed E-state index contributed by atoms with van der Waals surface area (Å²) in [4.78, 5) is 13.2. The van der Waals surface area contributed by atoms with E-state index in [0.29, 0.717) is 29.6 Å². The minimum atomic E-state index is -0.710. The van der Waals surface area contributed by atoms with Crippen molar-refractivity contribution in [2.75, 3.05) is 19.9 Å². The molecule has 3 rings (SSSR count). The average molecular weight is 298 g/mol. The predicted octanol–water partition coefficient (Wildman–Crippen LogP) is 2.37. The van der Waals surface area contributed by atoms with Crippen LogP contribution in [0.1, 0.15) is 18.4 Å². The molecule has 0 spiro atoms. The molecule has 6 heteroatoms. The van der Waals surface area contributed by atoms with Gasteiger partial charge in [-0.2, -0.15) is 0 Å². The number of rotatable bonds is 3. The molecule has 0 saturated carbocycles. The Hall–Kier alpha value is -1.46. The minimum Gasteiger partial charge on any atom is -0.481 e. The van der Waals surface area contributed by atoms with Crippen molar-refractivity contribution in [2.45, 2.75) is 19.4 Å². The molecule has 1 saturated heterocycles. The molecule has 2 aliphatic rings. The van der Waals surface area contributed by atoms with Crippen LogP contribution in [0.25, 0.3) is 0 Å². The third-order valence-electron chi connectivity index (χ3n) is 3.75. The van der Waals surface area contributed by atoms with Crippen molar-refractivity contribution >= 4 is 17.6 Å². The zero-order chi connectivity index (χ0) is 14.1. The summed E-state index contributed by atoms with van der Waals surface area (Å²) in [6.07, 6.45) is 1.67. The summed E-state index contributed by atoms with van der Waals surface area (Å²) in [5.41, 5.74) is 1.02. The number of likely N-dealkylation sites (tertiary alicyclic amines) is 1. The smallest absolute Gasteiger partial charge is 0.307 e. The van der Waals surface area contributed by atoms with E-state index in [1.165, 1.54) is 0 Å². The molecule has 0 aliphatic carbocycles. The van der Waals surface area contributed by atoms with E-state index in [-0.39, 0.29) is 12.7 Å². The van der Waals surface area contributed by atoms with Crippen LogP contribution >= 0.6 is 11.6 Å². The second-order valence-electron chi connectivity index (χ2n) is 5.22. The SMILES string of the molecule is O=C(O)C1CCCN(Cc2cc(Cl)c3c(c2)OCO3)C1. The highest BCUT2D eigenvalue weighted by Crippen LogP contribution is 2.40. The number of aliphatic carboxylic acids is 1. The Balaban J connectivity index is 1.72. The molecule has 2 heterocycles. The Kier molecular flexibility index (Phi) is 3.72. The molecule has 1 N–H and O–H groups in total. The Bertz CT molecular complexity index is 534. The lowest BCUT2D eigenvalue weighted by Crippen LogP contribution is -2.38. The quantitative estimate of drug-likeness (QED) is 0.928. The molecule has 1 unspecified atom stereocenters. The zero-order valence-corrected chi connectivity index (χ0v) is 11.7. The van der Waals surface area contributed by atoms with E-state index in [1.54, 1.807) is 0 Å². The highest BCUT2D eigenvalue weighted by atomic mass is 35.5. The second-order valence-corrected chi connectivity index (χ2v) is 5.63. The van der Waals surface area contributed by atoms with E-state index >= 15 is 0 Å². The van der Waals surface area contributed by atoms with Gasteiger partial charge in [0.05, 0.1) is 10.9 Å². The standard InChI is InChI=1S/C14H16ClNO4/c15-11-4-9(5-12-13(11)20-8-19-12)6-16-3-1-2-10(7-16)14(17)18/h4-5,10H,1-3,6-8H2,(H,17,18). The number of fused-ring (bicyclic) bond motifs is 1. The molecule has 0 radical (unpaired) electrons. The summed E-state index contributed by atoms with van der Waals surface area (Å²) in [5, 5.41) is 9.65. The molecule has 0 bridgehead atoms. The van der Waals surface area contributed by atoms with Gasteiger partial charge in [0.1, 0.15) is 0 Å². The number of carbonyl (C=O) groups is 1. The van der Waals surface area contributed by atoms with Gasteiger partial charge in [0.25, 0.3) is 0 Å². The van der Waals surface area contributed by atoms with Gasteiger partial charge in [-0.1, -0.05) is 11.6 Å². The number of benzene rings is 1. The summed E-state index contributed by atoms with van der Waals surface area (Å²) < 4.78 is 10.6. The third kappa shape index (κ3) is 2.69. The first-order valence-electron chi connectivity index (χ1n) is 6.66. The van der Waals surface area contributed by atoms with Crippen LogP contribution in [0.2, 0.25) is 5.02 Å². The monoisotopic (exact) mass is 297 g/mol. The van der Waals surface area contributed by atoms with Crippen LogP contribution in [0.3, 0.4) is 0 Å². The summed E-state index contributed by atoms with van der Waals surface area (Å²) in [5.74, 6) is 0.281. The lowest BCUT2D eigenvalue weighted by molar-refractivity contribution is -0.143. The van der Waals surface area contributed by atoms with E-state index in [0.717, 1.165) is 24.9 Å². The molecule has 20 heavy (non-hydrogen) atoms. The molecule has 1 atom stereocenters. The first-order valence-corrected chi connectivity index (χ1v) is 7.04. The van der Waals surface area contributed by atoms with Gasteiger partial charge in [-0.15, -0.1) is 0 Å². The Morgan fingerprint density at radius 1 is 1.45 bits per heavy atom. The van der Waals surface area contributed by atoms with Crippen molar-refractivity contribution < 1.29 is 19.4 Å². The largest absolute Gasteiger partial charge is 0.481 e. The predicted molar refractivity (Wildman–Crippen MR) is 73.2 cm³/mol. The number of nitrogens with zero attached hydrogens (tertiary/aromatic N) is 1. The van der Waals surface area contributed by atoms with E-state index in [1.807, 2.05) is 12.1 Å². The lowest BCUT2D eigenvalue weighted by atomic mass is 9.98. The average Bonchev–Trinajstić information content (AvgIpc) is 2.88. The van der Waals surface area contributed by atoms with Crippen LogP contribution in [-0.2, 0) is 11.3 Å². The highest BCUT2D eigenvalue weighted by molar-refractivity contribution is 6.32. The molecule has 5 nitrogen and oxygen atoms in total. The number of ether oxygens (including phenoxy) is 2. The number of carboxylic acids is 1. The summed E-state index contributed by atoms with van der Waals surface area (Å²) in [6.45, 7) is 2.38. The first-order chi connectivity index (χ1) is 9.63. The maximum Gasteiger partial charge on any atom is 0.307 e. The van der Waals surface area contributed by atoms with Crippen molar-refractivity contribution in [2.24, 2.45) is 5.92 Å². The molecule has 0 amide bonds. The molecule has 1 aromatic rings. The van der Waals surface area contributed by atoms with E-state index in [4.69, 9.17) is 26.2 Å². The summed E-state index contributed by atoms with van der Waals surface area (Å²) in [6, 6.07) is 3.78. The van der Waals surface area contributed by atoms with Gasteiger partial charge < -0.3 is 14.6 Å². The first kappa shape index (κ1) is 13.5. The van der Waals surface area contributed by atoms with Crippen molar-refractivity contribution in [3.63, 3.8) is 0 Å². The van der Waals surface area contributed by atoms with Gasteiger partial charge in [0.2, 0.25) is 6.79 Å². The Morgan fingerprint density at radius 2 is 2.30 bits per heavy atom. The normalized spacial score (nSPS) is 21.9. The van der Waals surface area contributed by atoms with Crippen molar-refractivity contribution in [1.82, 2.24) is 4.90 Å². The van der Waals surface area contributed by atoms with Crippen LogP contribution in [-0.4, -0.2) is 35.9 Å². The van der Waals surface area contributed by atoms with Crippen molar-refractivity contribution in [3.8, 4) is 11.5 Å². The van der Waals surface area contributed by atoms with Crippen LogP contribution in [0.15, 0.2) is 12.1 Å². The topological polar surface area (TPSA) is 59.0 Å². The number of carboxylic acid groups (broad SMARTS) is 1. The fourth-order valence-electron chi connectivity index (χ4n) is 2.77. The molecule has 108 valence electrons. The molecular formula is C14H16ClNO4. The van der Waals surface area contributed by atoms with Crippen molar-refractivity contribution in [1.29, 1.82) is 0 Å². The van der Waals surface area contributed by atoms with E-state index in [9.17, 15) is 4.79 Å². The maximum absolute atomic E-state index is 11.1. The van der Waals surface area contributed by atoms with Gasteiger partial charge in [0, 0.05) is 13.1 Å². The number of piperidine rings is 1. The molecular weight excluding hydrogens is 282 g/mol.